The molecule has 0 aliphatic heterocycles. The zero-order valence-corrected chi connectivity index (χ0v) is 13.5. The average molecular weight is 343 g/mol. The maximum Gasteiger partial charge on any atom is 0.276 e. The average Bonchev–Trinajstić information content (AvgIpc) is 3.16. The predicted octanol–water partition coefficient (Wildman–Crippen LogP) is 3.30. The SMILES string of the molecule is O=C(Nc1n[nH]c(-c2ccc(Cl)cc2)n1)c1ccnn1C1CCC1. The second-order valence-corrected chi connectivity index (χ2v) is 6.15. The van der Waals surface area contributed by atoms with Gasteiger partial charge in [0, 0.05) is 16.8 Å². The molecule has 0 spiro atoms. The molecule has 1 saturated carbocycles. The highest BCUT2D eigenvalue weighted by atomic mass is 35.5. The zero-order valence-electron chi connectivity index (χ0n) is 12.7. The van der Waals surface area contributed by atoms with Gasteiger partial charge in [0.25, 0.3) is 5.91 Å². The minimum Gasteiger partial charge on any atom is -0.288 e. The first-order valence-corrected chi connectivity index (χ1v) is 8.12. The molecule has 2 heterocycles. The van der Waals surface area contributed by atoms with E-state index in [1.807, 2.05) is 12.1 Å². The summed E-state index contributed by atoms with van der Waals surface area (Å²) in [5.41, 5.74) is 1.37. The molecule has 0 radical (unpaired) electrons. The summed E-state index contributed by atoms with van der Waals surface area (Å²) < 4.78 is 1.78. The number of aromatic nitrogens is 5. The molecule has 1 fully saturated rings. The first kappa shape index (κ1) is 14.9. The van der Waals surface area contributed by atoms with Gasteiger partial charge in [0.05, 0.1) is 6.04 Å². The van der Waals surface area contributed by atoms with Crippen molar-refractivity contribution >= 4 is 23.5 Å². The van der Waals surface area contributed by atoms with Gasteiger partial charge in [-0.2, -0.15) is 10.1 Å². The number of amides is 1. The summed E-state index contributed by atoms with van der Waals surface area (Å²) in [7, 11) is 0. The summed E-state index contributed by atoms with van der Waals surface area (Å²) in [5, 5.41) is 14.5. The van der Waals surface area contributed by atoms with E-state index in [0.29, 0.717) is 22.6 Å². The number of rotatable bonds is 4. The third-order valence-electron chi connectivity index (χ3n) is 4.15. The second kappa shape index (κ2) is 6.09. The fourth-order valence-corrected chi connectivity index (χ4v) is 2.76. The summed E-state index contributed by atoms with van der Waals surface area (Å²) in [6.45, 7) is 0. The fourth-order valence-electron chi connectivity index (χ4n) is 2.64. The minimum atomic E-state index is -0.263. The van der Waals surface area contributed by atoms with Crippen molar-refractivity contribution < 1.29 is 4.79 Å². The monoisotopic (exact) mass is 342 g/mol. The van der Waals surface area contributed by atoms with Crippen molar-refractivity contribution in [1.82, 2.24) is 25.0 Å². The van der Waals surface area contributed by atoms with E-state index in [9.17, 15) is 4.79 Å². The molecule has 0 saturated heterocycles. The van der Waals surface area contributed by atoms with Gasteiger partial charge in [-0.3, -0.25) is 19.9 Å². The van der Waals surface area contributed by atoms with Crippen LogP contribution in [0.4, 0.5) is 5.95 Å². The maximum atomic E-state index is 12.4. The standard InChI is InChI=1S/C16H15ClN6O/c17-11-6-4-10(5-7-11)14-19-16(22-21-14)20-15(24)13-8-9-18-23(13)12-2-1-3-12/h4-9,12H,1-3H2,(H2,19,20,21,22,24). The van der Waals surface area contributed by atoms with Crippen molar-refractivity contribution in [3.63, 3.8) is 0 Å². The summed E-state index contributed by atoms with van der Waals surface area (Å²) in [5.74, 6) is 0.529. The lowest BCUT2D eigenvalue weighted by molar-refractivity contribution is 0.100. The molecule has 24 heavy (non-hydrogen) atoms. The Morgan fingerprint density at radius 3 is 2.75 bits per heavy atom. The van der Waals surface area contributed by atoms with Crippen LogP contribution in [0.25, 0.3) is 11.4 Å². The topological polar surface area (TPSA) is 88.5 Å². The van der Waals surface area contributed by atoms with E-state index in [1.54, 1.807) is 29.1 Å². The van der Waals surface area contributed by atoms with Crippen molar-refractivity contribution in [2.24, 2.45) is 0 Å². The van der Waals surface area contributed by atoms with Gasteiger partial charge in [-0.1, -0.05) is 11.6 Å². The number of H-pyrrole nitrogens is 1. The van der Waals surface area contributed by atoms with Crippen molar-refractivity contribution in [2.75, 3.05) is 5.32 Å². The number of carbonyl (C=O) groups is 1. The van der Waals surface area contributed by atoms with Gasteiger partial charge in [0.15, 0.2) is 5.82 Å². The zero-order chi connectivity index (χ0) is 16.5. The number of anilines is 1. The van der Waals surface area contributed by atoms with Crippen LogP contribution in [0.1, 0.15) is 35.8 Å². The van der Waals surface area contributed by atoms with Crippen LogP contribution in [0.2, 0.25) is 5.02 Å². The molecule has 8 heteroatoms. The Morgan fingerprint density at radius 1 is 1.25 bits per heavy atom. The Balaban J connectivity index is 1.50. The normalized spacial score (nSPS) is 14.4. The van der Waals surface area contributed by atoms with Gasteiger partial charge < -0.3 is 0 Å². The molecule has 0 atom stereocenters. The smallest absolute Gasteiger partial charge is 0.276 e. The third-order valence-corrected chi connectivity index (χ3v) is 4.40. The van der Waals surface area contributed by atoms with Crippen LogP contribution in [0.15, 0.2) is 36.5 Å². The highest BCUT2D eigenvalue weighted by Gasteiger charge is 2.25. The fraction of sp³-hybridized carbons (Fsp3) is 0.250. The van der Waals surface area contributed by atoms with Gasteiger partial charge in [-0.15, -0.1) is 5.10 Å². The predicted molar refractivity (Wildman–Crippen MR) is 89.9 cm³/mol. The van der Waals surface area contributed by atoms with Crippen molar-refractivity contribution in [2.45, 2.75) is 25.3 Å². The molecule has 1 aliphatic rings. The first-order chi connectivity index (χ1) is 11.7. The van der Waals surface area contributed by atoms with E-state index in [2.05, 4.69) is 25.6 Å². The number of hydrogen-bond acceptors (Lipinski definition) is 4. The highest BCUT2D eigenvalue weighted by Crippen LogP contribution is 2.31. The lowest BCUT2D eigenvalue weighted by atomic mass is 9.93. The van der Waals surface area contributed by atoms with Gasteiger partial charge in [-0.25, -0.2) is 0 Å². The van der Waals surface area contributed by atoms with Crippen LogP contribution in [-0.2, 0) is 0 Å². The number of halogens is 1. The molecule has 4 rings (SSSR count). The van der Waals surface area contributed by atoms with E-state index in [0.717, 1.165) is 18.4 Å². The quantitative estimate of drug-likeness (QED) is 0.761. The number of aromatic amines is 1. The van der Waals surface area contributed by atoms with Gasteiger partial charge in [0.2, 0.25) is 5.95 Å². The number of carbonyl (C=O) groups excluding carboxylic acids is 1. The van der Waals surface area contributed by atoms with E-state index >= 15 is 0 Å². The molecule has 1 amide bonds. The molecule has 2 N–H and O–H groups in total. The number of nitrogens with zero attached hydrogens (tertiary/aromatic N) is 4. The van der Waals surface area contributed by atoms with Crippen LogP contribution < -0.4 is 5.32 Å². The first-order valence-electron chi connectivity index (χ1n) is 7.74. The largest absolute Gasteiger partial charge is 0.288 e. The maximum absolute atomic E-state index is 12.4. The van der Waals surface area contributed by atoms with Crippen LogP contribution in [0.3, 0.4) is 0 Å². The second-order valence-electron chi connectivity index (χ2n) is 5.71. The number of hydrogen-bond donors (Lipinski definition) is 2. The van der Waals surface area contributed by atoms with Crippen LogP contribution >= 0.6 is 11.6 Å². The Bertz CT molecular complexity index is 865. The molecule has 7 nitrogen and oxygen atoms in total. The minimum absolute atomic E-state index is 0.228. The third kappa shape index (κ3) is 2.78. The summed E-state index contributed by atoms with van der Waals surface area (Å²) >= 11 is 5.88. The molecule has 1 aliphatic carbocycles. The van der Waals surface area contributed by atoms with Gasteiger partial charge >= 0.3 is 0 Å². The molecule has 0 bridgehead atoms. The molecule has 2 aromatic heterocycles. The summed E-state index contributed by atoms with van der Waals surface area (Å²) in [4.78, 5) is 16.7. The van der Waals surface area contributed by atoms with Crippen LogP contribution in [0, 0.1) is 0 Å². The van der Waals surface area contributed by atoms with E-state index < -0.39 is 0 Å². The summed E-state index contributed by atoms with van der Waals surface area (Å²) in [6, 6.07) is 9.24. The van der Waals surface area contributed by atoms with Crippen molar-refractivity contribution in [3.05, 3.63) is 47.2 Å². The van der Waals surface area contributed by atoms with Crippen LogP contribution in [0.5, 0.6) is 0 Å². The Labute approximate surface area is 143 Å². The Kier molecular flexibility index (Phi) is 3.78. The molecule has 122 valence electrons. The lowest BCUT2D eigenvalue weighted by Crippen LogP contribution is -2.25. The molecule has 0 unspecified atom stereocenters. The molecule has 1 aromatic carbocycles. The van der Waals surface area contributed by atoms with E-state index in [1.165, 1.54) is 6.42 Å². The summed E-state index contributed by atoms with van der Waals surface area (Å²) in [6.07, 6.45) is 4.94. The number of benzene rings is 1. The Hall–Kier alpha value is -2.67. The van der Waals surface area contributed by atoms with Crippen molar-refractivity contribution in [1.29, 1.82) is 0 Å². The van der Waals surface area contributed by atoms with E-state index in [4.69, 9.17) is 11.6 Å². The molecule has 3 aromatic rings. The van der Waals surface area contributed by atoms with Gasteiger partial charge in [0.1, 0.15) is 5.69 Å². The Morgan fingerprint density at radius 2 is 2.04 bits per heavy atom. The lowest BCUT2D eigenvalue weighted by Gasteiger charge is -2.26. The highest BCUT2D eigenvalue weighted by molar-refractivity contribution is 6.30. The molecular formula is C16H15ClN6O. The van der Waals surface area contributed by atoms with E-state index in [-0.39, 0.29) is 11.9 Å². The van der Waals surface area contributed by atoms with Crippen LogP contribution in [-0.4, -0.2) is 30.9 Å². The molecular weight excluding hydrogens is 328 g/mol. The number of nitrogens with one attached hydrogen (secondary N) is 2. The van der Waals surface area contributed by atoms with Crippen molar-refractivity contribution in [3.8, 4) is 11.4 Å². The van der Waals surface area contributed by atoms with Gasteiger partial charge in [-0.05, 0) is 49.6 Å².